The Labute approximate surface area is 227 Å². The van der Waals surface area contributed by atoms with Crippen molar-refractivity contribution in [1.82, 2.24) is 15.5 Å². The Morgan fingerprint density at radius 1 is 1.11 bits per heavy atom. The molecule has 0 aliphatic carbocycles. The summed E-state index contributed by atoms with van der Waals surface area (Å²) in [6.07, 6.45) is 2.47. The Hall–Kier alpha value is -3.36. The second kappa shape index (κ2) is 14.0. The Morgan fingerprint density at radius 3 is 2.24 bits per heavy atom. The quantitative estimate of drug-likeness (QED) is 0.347. The van der Waals surface area contributed by atoms with E-state index in [9.17, 15) is 19.2 Å². The van der Waals surface area contributed by atoms with Crippen molar-refractivity contribution in [2.45, 2.75) is 110 Å². The van der Waals surface area contributed by atoms with E-state index in [2.05, 4.69) is 17.2 Å². The maximum atomic E-state index is 14.2. The third-order valence-corrected chi connectivity index (χ3v) is 6.23. The molecule has 1 aromatic rings. The Bertz CT molecular complexity index is 999. The van der Waals surface area contributed by atoms with Crippen LogP contribution in [-0.4, -0.2) is 51.9 Å². The van der Waals surface area contributed by atoms with Gasteiger partial charge in [0, 0.05) is 11.6 Å². The summed E-state index contributed by atoms with van der Waals surface area (Å²) in [5.41, 5.74) is 5.16. The topological polar surface area (TPSA) is 131 Å². The lowest BCUT2D eigenvalue weighted by Gasteiger charge is -2.44. The first-order chi connectivity index (χ1) is 17.6. The molecule has 0 radical (unpaired) electrons. The van der Waals surface area contributed by atoms with Gasteiger partial charge in [-0.3, -0.25) is 14.4 Å². The molecule has 0 saturated carbocycles. The predicted molar refractivity (Wildman–Crippen MR) is 150 cm³/mol. The number of amides is 4. The molecule has 0 fully saturated rings. The summed E-state index contributed by atoms with van der Waals surface area (Å²) in [5.74, 6) is -1.76. The minimum absolute atomic E-state index is 0.124. The molecule has 0 bridgehead atoms. The molecule has 9 heteroatoms. The van der Waals surface area contributed by atoms with Gasteiger partial charge >= 0.3 is 6.09 Å². The standard InChI is InChI=1S/C29H46N4O5/c1-10-14-19(4)31-25(35)24(21-16-13-15-20(11-2)17-21)33(29(8,9)12-3)26(36)22(18-23(30)34)32-27(37)38-28(5,6)7/h11,13,15-17,19,22,24H,2,10,12,14,18H2,1,3-9H3,(H2,30,34)(H,31,35)(H,32,37). The van der Waals surface area contributed by atoms with Gasteiger partial charge in [0.05, 0.1) is 6.42 Å². The van der Waals surface area contributed by atoms with Crippen molar-refractivity contribution in [2.75, 3.05) is 0 Å². The molecular weight excluding hydrogens is 484 g/mol. The molecule has 4 amide bonds. The molecule has 1 aromatic carbocycles. The molecule has 0 heterocycles. The van der Waals surface area contributed by atoms with Gasteiger partial charge in [-0.2, -0.15) is 0 Å². The van der Waals surface area contributed by atoms with Crippen molar-refractivity contribution in [3.63, 3.8) is 0 Å². The van der Waals surface area contributed by atoms with Gasteiger partial charge in [-0.05, 0) is 71.6 Å². The van der Waals surface area contributed by atoms with Crippen molar-refractivity contribution < 1.29 is 23.9 Å². The number of nitrogens with two attached hydrogens (primary N) is 1. The molecule has 0 aromatic heterocycles. The summed E-state index contributed by atoms with van der Waals surface area (Å²) in [5, 5.41) is 5.55. The summed E-state index contributed by atoms with van der Waals surface area (Å²) in [6.45, 7) is 18.4. The number of nitrogens with one attached hydrogen (secondary N) is 2. The maximum absolute atomic E-state index is 14.2. The number of benzene rings is 1. The minimum atomic E-state index is -1.33. The van der Waals surface area contributed by atoms with E-state index >= 15 is 0 Å². The van der Waals surface area contributed by atoms with Gasteiger partial charge in [-0.15, -0.1) is 0 Å². The number of carbonyl (C=O) groups is 4. The fourth-order valence-corrected chi connectivity index (χ4v) is 4.07. The number of alkyl carbamates (subject to hydrolysis) is 1. The fraction of sp³-hybridized carbons (Fsp3) is 0.586. The zero-order chi connectivity index (χ0) is 29.3. The number of hydrogen-bond donors (Lipinski definition) is 3. The van der Waals surface area contributed by atoms with Crippen molar-refractivity contribution in [1.29, 1.82) is 0 Å². The molecule has 1 rings (SSSR count). The lowest BCUT2D eigenvalue weighted by Crippen LogP contribution is -2.60. The summed E-state index contributed by atoms with van der Waals surface area (Å²) in [6, 6.07) is 4.72. The van der Waals surface area contributed by atoms with E-state index in [1.807, 2.05) is 40.7 Å². The van der Waals surface area contributed by atoms with E-state index in [0.29, 0.717) is 12.0 Å². The molecule has 0 spiro atoms. The molecule has 9 nitrogen and oxygen atoms in total. The van der Waals surface area contributed by atoms with Crippen molar-refractivity contribution in [3.05, 3.63) is 42.0 Å². The number of primary amides is 1. The highest BCUT2D eigenvalue weighted by Gasteiger charge is 2.43. The first kappa shape index (κ1) is 32.7. The van der Waals surface area contributed by atoms with E-state index in [4.69, 9.17) is 10.5 Å². The zero-order valence-electron chi connectivity index (χ0n) is 24.2. The molecule has 3 unspecified atom stereocenters. The maximum Gasteiger partial charge on any atom is 0.408 e. The van der Waals surface area contributed by atoms with Gasteiger partial charge in [-0.25, -0.2) is 4.79 Å². The number of carbonyl (C=O) groups excluding carboxylic acids is 4. The second-order valence-electron chi connectivity index (χ2n) is 11.2. The first-order valence-electron chi connectivity index (χ1n) is 13.2. The number of rotatable bonds is 13. The highest BCUT2D eigenvalue weighted by atomic mass is 16.6. The van der Waals surface area contributed by atoms with Gasteiger partial charge in [0.15, 0.2) is 0 Å². The summed E-state index contributed by atoms with van der Waals surface area (Å²) in [4.78, 5) is 54.1. The van der Waals surface area contributed by atoms with Crippen LogP contribution < -0.4 is 16.4 Å². The molecule has 38 heavy (non-hydrogen) atoms. The molecule has 0 aliphatic rings. The Kier molecular flexibility index (Phi) is 12.0. The van der Waals surface area contributed by atoms with Gasteiger partial charge in [0.25, 0.3) is 0 Å². The highest BCUT2D eigenvalue weighted by Crippen LogP contribution is 2.33. The summed E-state index contributed by atoms with van der Waals surface area (Å²) in [7, 11) is 0. The third kappa shape index (κ3) is 9.84. The first-order valence-corrected chi connectivity index (χ1v) is 13.2. The monoisotopic (exact) mass is 530 g/mol. The van der Waals surface area contributed by atoms with Gasteiger partial charge < -0.3 is 26.0 Å². The lowest BCUT2D eigenvalue weighted by molar-refractivity contribution is -0.150. The van der Waals surface area contributed by atoms with Crippen LogP contribution in [-0.2, 0) is 19.1 Å². The molecule has 212 valence electrons. The van der Waals surface area contributed by atoms with Crippen LogP contribution in [0.4, 0.5) is 4.79 Å². The van der Waals surface area contributed by atoms with E-state index < -0.39 is 47.6 Å². The van der Waals surface area contributed by atoms with Gasteiger partial charge in [0.2, 0.25) is 17.7 Å². The average Bonchev–Trinajstić information content (AvgIpc) is 2.79. The third-order valence-electron chi connectivity index (χ3n) is 6.23. The lowest BCUT2D eigenvalue weighted by atomic mass is 9.91. The molecule has 0 aliphatic heterocycles. The van der Waals surface area contributed by atoms with Crippen molar-refractivity contribution >= 4 is 29.9 Å². The van der Waals surface area contributed by atoms with E-state index in [-0.39, 0.29) is 11.9 Å². The SMILES string of the molecule is C=Cc1cccc(C(C(=O)NC(C)CCC)N(C(=O)C(CC(N)=O)NC(=O)OC(C)(C)C)C(C)(C)CC)c1. The highest BCUT2D eigenvalue weighted by molar-refractivity contribution is 5.95. The predicted octanol–water partition coefficient (Wildman–Crippen LogP) is 4.46. The van der Waals surface area contributed by atoms with Crippen LogP contribution in [0, 0.1) is 0 Å². The molecular formula is C29H46N4O5. The second-order valence-corrected chi connectivity index (χ2v) is 11.2. The van der Waals surface area contributed by atoms with Gasteiger partial charge in [0.1, 0.15) is 17.7 Å². The van der Waals surface area contributed by atoms with Crippen LogP contribution in [0.2, 0.25) is 0 Å². The van der Waals surface area contributed by atoms with Crippen LogP contribution in [0.5, 0.6) is 0 Å². The van der Waals surface area contributed by atoms with Crippen LogP contribution >= 0.6 is 0 Å². The van der Waals surface area contributed by atoms with E-state index in [0.717, 1.165) is 18.4 Å². The molecule has 4 N–H and O–H groups in total. The number of ether oxygens (including phenoxy) is 1. The largest absolute Gasteiger partial charge is 0.444 e. The fourth-order valence-electron chi connectivity index (χ4n) is 4.07. The summed E-state index contributed by atoms with van der Waals surface area (Å²) >= 11 is 0. The van der Waals surface area contributed by atoms with Crippen LogP contribution in [0.3, 0.4) is 0 Å². The van der Waals surface area contributed by atoms with Crippen molar-refractivity contribution in [3.8, 4) is 0 Å². The van der Waals surface area contributed by atoms with E-state index in [1.54, 1.807) is 45.0 Å². The van der Waals surface area contributed by atoms with Crippen molar-refractivity contribution in [2.24, 2.45) is 5.73 Å². The van der Waals surface area contributed by atoms with Gasteiger partial charge in [-0.1, -0.05) is 51.1 Å². The minimum Gasteiger partial charge on any atom is -0.444 e. The number of nitrogens with zero attached hydrogens (tertiary/aromatic N) is 1. The zero-order valence-corrected chi connectivity index (χ0v) is 24.2. The molecule has 0 saturated heterocycles. The van der Waals surface area contributed by atoms with Crippen LogP contribution in [0.25, 0.3) is 6.08 Å². The summed E-state index contributed by atoms with van der Waals surface area (Å²) < 4.78 is 5.33. The Morgan fingerprint density at radius 2 is 1.74 bits per heavy atom. The smallest absolute Gasteiger partial charge is 0.408 e. The average molecular weight is 531 g/mol. The van der Waals surface area contributed by atoms with Crippen LogP contribution in [0.1, 0.15) is 98.2 Å². The Balaban J connectivity index is 3.71. The van der Waals surface area contributed by atoms with Crippen LogP contribution in [0.15, 0.2) is 30.8 Å². The molecule has 3 atom stereocenters. The van der Waals surface area contributed by atoms with E-state index in [1.165, 1.54) is 4.90 Å². The normalized spacial score (nSPS) is 14.0. The number of hydrogen-bond acceptors (Lipinski definition) is 5.